The van der Waals surface area contributed by atoms with Crippen LogP contribution < -0.4 is 5.32 Å². The number of carboxylic acid groups (broad SMARTS) is 1. The number of ether oxygens (including phenoxy) is 1. The molecule has 0 heterocycles. The van der Waals surface area contributed by atoms with Crippen molar-refractivity contribution in [2.45, 2.75) is 58.0 Å². The van der Waals surface area contributed by atoms with Crippen LogP contribution in [0.5, 0.6) is 0 Å². The van der Waals surface area contributed by atoms with Crippen LogP contribution in [0.25, 0.3) is 0 Å². The van der Waals surface area contributed by atoms with Crippen molar-refractivity contribution in [1.29, 1.82) is 0 Å². The number of carbonyl (C=O) groups excluding carboxylic acids is 1. The zero-order chi connectivity index (χ0) is 13.8. The van der Waals surface area contributed by atoms with Crippen LogP contribution in [-0.4, -0.2) is 36.7 Å². The highest BCUT2D eigenvalue weighted by atomic mass is 16.5. The fraction of sp³-hybridized carbons (Fsp3) is 0.846. The molecule has 0 fully saturated rings. The van der Waals surface area contributed by atoms with E-state index in [1.807, 2.05) is 0 Å². The first-order valence-corrected chi connectivity index (χ1v) is 6.64. The number of amides is 1. The van der Waals surface area contributed by atoms with Gasteiger partial charge in [0.25, 0.3) is 0 Å². The van der Waals surface area contributed by atoms with Gasteiger partial charge in [-0.2, -0.15) is 0 Å². The van der Waals surface area contributed by atoms with Crippen LogP contribution in [0.2, 0.25) is 0 Å². The summed E-state index contributed by atoms with van der Waals surface area (Å²) in [5.74, 6) is -1.16. The molecule has 0 aromatic heterocycles. The van der Waals surface area contributed by atoms with E-state index in [0.717, 1.165) is 19.3 Å². The molecule has 0 aliphatic heterocycles. The minimum absolute atomic E-state index is 0.0283. The Labute approximate surface area is 109 Å². The molecule has 0 bridgehead atoms. The molecule has 1 atom stereocenters. The van der Waals surface area contributed by atoms with Gasteiger partial charge in [-0.15, -0.1) is 0 Å². The van der Waals surface area contributed by atoms with Gasteiger partial charge < -0.3 is 15.2 Å². The predicted molar refractivity (Wildman–Crippen MR) is 69.4 cm³/mol. The van der Waals surface area contributed by atoms with Crippen LogP contribution in [0, 0.1) is 0 Å². The normalized spacial score (nSPS) is 12.1. The van der Waals surface area contributed by atoms with Gasteiger partial charge in [0.1, 0.15) is 0 Å². The zero-order valence-corrected chi connectivity index (χ0v) is 11.4. The molecule has 0 rings (SSSR count). The highest BCUT2D eigenvalue weighted by Gasteiger charge is 2.16. The van der Waals surface area contributed by atoms with E-state index in [4.69, 9.17) is 9.84 Å². The number of hydrogen-bond acceptors (Lipinski definition) is 3. The van der Waals surface area contributed by atoms with Gasteiger partial charge in [-0.05, 0) is 6.42 Å². The number of methoxy groups -OCH3 is 1. The topological polar surface area (TPSA) is 75.6 Å². The summed E-state index contributed by atoms with van der Waals surface area (Å²) in [6, 6.07) is 0. The molecule has 1 unspecified atom stereocenters. The standard InChI is InChI=1S/C13H25NO4/c1-3-4-5-6-7-8-9-12(15)14-10-11(18-2)13(16)17/h11H,3-10H2,1-2H3,(H,14,15)(H,16,17). The Hall–Kier alpha value is -1.10. The summed E-state index contributed by atoms with van der Waals surface area (Å²) in [5.41, 5.74) is 0. The average molecular weight is 259 g/mol. The molecule has 1 amide bonds. The maximum atomic E-state index is 11.4. The summed E-state index contributed by atoms with van der Waals surface area (Å²) in [6.45, 7) is 2.20. The predicted octanol–water partition coefficient (Wildman–Crippen LogP) is 1.95. The lowest BCUT2D eigenvalue weighted by Gasteiger charge is -2.11. The molecular formula is C13H25NO4. The minimum atomic E-state index is -1.06. The molecule has 18 heavy (non-hydrogen) atoms. The fourth-order valence-corrected chi connectivity index (χ4v) is 1.63. The van der Waals surface area contributed by atoms with E-state index in [1.54, 1.807) is 0 Å². The van der Waals surface area contributed by atoms with E-state index in [1.165, 1.54) is 26.4 Å². The molecule has 5 nitrogen and oxygen atoms in total. The molecule has 5 heteroatoms. The molecule has 0 radical (unpaired) electrons. The SMILES string of the molecule is CCCCCCCCC(=O)NCC(OC)C(=O)O. The second-order valence-electron chi connectivity index (χ2n) is 4.38. The zero-order valence-electron chi connectivity index (χ0n) is 11.4. The Balaban J connectivity index is 3.50. The lowest BCUT2D eigenvalue weighted by atomic mass is 10.1. The first kappa shape index (κ1) is 16.9. The first-order chi connectivity index (χ1) is 8.61. The number of hydrogen-bond donors (Lipinski definition) is 2. The van der Waals surface area contributed by atoms with Gasteiger partial charge in [-0.1, -0.05) is 39.0 Å². The summed E-state index contributed by atoms with van der Waals surface area (Å²) in [6.07, 6.45) is 6.27. The first-order valence-electron chi connectivity index (χ1n) is 6.64. The number of rotatable bonds is 11. The second-order valence-corrected chi connectivity index (χ2v) is 4.38. The van der Waals surface area contributed by atoms with Gasteiger partial charge in [0.2, 0.25) is 5.91 Å². The van der Waals surface area contributed by atoms with E-state index >= 15 is 0 Å². The third kappa shape index (κ3) is 8.98. The molecule has 0 saturated carbocycles. The van der Waals surface area contributed by atoms with Crippen molar-refractivity contribution in [2.75, 3.05) is 13.7 Å². The molecule has 0 aliphatic carbocycles. The Morgan fingerprint density at radius 2 is 1.78 bits per heavy atom. The highest BCUT2D eigenvalue weighted by molar-refractivity contribution is 5.78. The van der Waals surface area contributed by atoms with Gasteiger partial charge in [-0.3, -0.25) is 4.79 Å². The summed E-state index contributed by atoms with van der Waals surface area (Å²) in [4.78, 5) is 22.0. The molecule has 0 aromatic rings. The van der Waals surface area contributed by atoms with Crippen LogP contribution in [0.15, 0.2) is 0 Å². The number of unbranched alkanes of at least 4 members (excludes halogenated alkanes) is 5. The number of carbonyl (C=O) groups is 2. The van der Waals surface area contributed by atoms with Crippen molar-refractivity contribution in [1.82, 2.24) is 5.32 Å². The molecule has 106 valence electrons. The molecule has 0 aliphatic rings. The van der Waals surface area contributed by atoms with E-state index < -0.39 is 12.1 Å². The van der Waals surface area contributed by atoms with Crippen LogP contribution in [-0.2, 0) is 14.3 Å². The molecule has 0 spiro atoms. The maximum absolute atomic E-state index is 11.4. The van der Waals surface area contributed by atoms with Gasteiger partial charge >= 0.3 is 5.97 Å². The van der Waals surface area contributed by atoms with E-state index in [0.29, 0.717) is 6.42 Å². The van der Waals surface area contributed by atoms with Gasteiger partial charge in [0, 0.05) is 13.5 Å². The van der Waals surface area contributed by atoms with E-state index in [-0.39, 0.29) is 12.5 Å². The smallest absolute Gasteiger partial charge is 0.334 e. The van der Waals surface area contributed by atoms with Crippen molar-refractivity contribution in [3.8, 4) is 0 Å². The van der Waals surface area contributed by atoms with Gasteiger partial charge in [0.15, 0.2) is 6.10 Å². The van der Waals surface area contributed by atoms with Crippen molar-refractivity contribution in [3.05, 3.63) is 0 Å². The van der Waals surface area contributed by atoms with E-state index in [2.05, 4.69) is 12.2 Å². The monoisotopic (exact) mass is 259 g/mol. The average Bonchev–Trinajstić information content (AvgIpc) is 2.34. The quantitative estimate of drug-likeness (QED) is 0.556. The lowest BCUT2D eigenvalue weighted by molar-refractivity contribution is -0.148. The molecular weight excluding hydrogens is 234 g/mol. The summed E-state index contributed by atoms with van der Waals surface area (Å²) >= 11 is 0. The van der Waals surface area contributed by atoms with Crippen molar-refractivity contribution in [2.24, 2.45) is 0 Å². The Kier molecular flexibility index (Phi) is 10.3. The summed E-state index contributed by atoms with van der Waals surface area (Å²) in [7, 11) is 1.32. The Morgan fingerprint density at radius 3 is 2.33 bits per heavy atom. The summed E-state index contributed by atoms with van der Waals surface area (Å²) < 4.78 is 4.72. The van der Waals surface area contributed by atoms with Gasteiger partial charge in [-0.25, -0.2) is 4.79 Å². The third-order valence-corrected chi connectivity index (χ3v) is 2.80. The number of nitrogens with one attached hydrogen (secondary N) is 1. The van der Waals surface area contributed by atoms with Crippen molar-refractivity contribution in [3.63, 3.8) is 0 Å². The van der Waals surface area contributed by atoms with E-state index in [9.17, 15) is 9.59 Å². The van der Waals surface area contributed by atoms with Crippen molar-refractivity contribution >= 4 is 11.9 Å². The van der Waals surface area contributed by atoms with Crippen LogP contribution in [0.1, 0.15) is 51.9 Å². The van der Waals surface area contributed by atoms with Gasteiger partial charge in [0.05, 0.1) is 6.54 Å². The summed E-state index contributed by atoms with van der Waals surface area (Å²) in [5, 5.41) is 11.3. The number of aliphatic carboxylic acids is 1. The minimum Gasteiger partial charge on any atom is -0.479 e. The molecule has 2 N–H and O–H groups in total. The van der Waals surface area contributed by atoms with Crippen LogP contribution >= 0.6 is 0 Å². The number of carboxylic acids is 1. The van der Waals surface area contributed by atoms with Crippen LogP contribution in [0.4, 0.5) is 0 Å². The Morgan fingerprint density at radius 1 is 1.17 bits per heavy atom. The molecule has 0 aromatic carbocycles. The third-order valence-electron chi connectivity index (χ3n) is 2.80. The fourth-order valence-electron chi connectivity index (χ4n) is 1.63. The van der Waals surface area contributed by atoms with Crippen LogP contribution in [0.3, 0.4) is 0 Å². The second kappa shape index (κ2) is 11.0. The Bertz CT molecular complexity index is 243. The van der Waals surface area contributed by atoms with Crippen molar-refractivity contribution < 1.29 is 19.4 Å². The maximum Gasteiger partial charge on any atom is 0.334 e. The largest absolute Gasteiger partial charge is 0.479 e. The molecule has 0 saturated heterocycles. The lowest BCUT2D eigenvalue weighted by Crippen LogP contribution is -2.37. The highest BCUT2D eigenvalue weighted by Crippen LogP contribution is 2.06.